The molecule has 1 aromatic heterocycles. The number of pyridine rings is 1. The molecule has 10 nitrogen and oxygen atoms in total. The molecule has 0 spiro atoms. The Kier molecular flexibility index (Phi) is 5.27. The summed E-state index contributed by atoms with van der Waals surface area (Å²) in [6.07, 6.45) is 1.35. The lowest BCUT2D eigenvalue weighted by atomic mass is 9.58. The number of carbonyl (C=O) groups is 3. The molecule has 5 rings (SSSR count). The summed E-state index contributed by atoms with van der Waals surface area (Å²) in [5.74, 6) is -6.86. The van der Waals surface area contributed by atoms with Gasteiger partial charge in [0.05, 0.1) is 23.5 Å². The summed E-state index contributed by atoms with van der Waals surface area (Å²) in [6.45, 7) is 0. The fraction of sp³-hybridized carbons (Fsp3) is 0.308. The summed E-state index contributed by atoms with van der Waals surface area (Å²) in [4.78, 5) is 44.9. The molecule has 186 valence electrons. The first kappa shape index (κ1) is 23.7. The number of hydrogen-bond donors (Lipinski definition) is 5. The number of hydrogen-bond acceptors (Lipinski definition) is 9. The Bertz CT molecular complexity index is 1400. The largest absolute Gasteiger partial charge is 0.510 e. The van der Waals surface area contributed by atoms with Crippen LogP contribution >= 0.6 is 0 Å². The highest BCUT2D eigenvalue weighted by atomic mass is 16.3. The van der Waals surface area contributed by atoms with Gasteiger partial charge in [-0.2, -0.15) is 0 Å². The topological polar surface area (TPSA) is 174 Å². The minimum absolute atomic E-state index is 0.0235. The molecule has 1 heterocycles. The number of likely N-dealkylation sites (N-methyl/N-ethyl adjacent to an activating group) is 1. The summed E-state index contributed by atoms with van der Waals surface area (Å²) in [6, 6.07) is 8.08. The fourth-order valence-corrected chi connectivity index (χ4v) is 5.99. The van der Waals surface area contributed by atoms with Crippen molar-refractivity contribution in [1.82, 2.24) is 9.88 Å². The Morgan fingerprint density at radius 2 is 1.81 bits per heavy atom. The highest BCUT2D eigenvalue weighted by Crippen LogP contribution is 2.52. The molecule has 36 heavy (non-hydrogen) atoms. The van der Waals surface area contributed by atoms with Crippen LogP contribution in [0.25, 0.3) is 11.3 Å². The number of primary amides is 1. The van der Waals surface area contributed by atoms with Crippen LogP contribution in [0.5, 0.6) is 5.75 Å². The smallest absolute Gasteiger partial charge is 0.255 e. The molecule has 0 fully saturated rings. The molecule has 2 aromatic rings. The standard InChI is InChI=1S/C26H25N3O7/c1-29(2)20-14-9-12-8-13-17(15(30)10-28-19(13)11-6-4-3-5-7-11)21(31)16(12)23(33)26(14,36)24(34)18(22(20)32)25(27)35/h3-7,10,12,14,20,30,32-33,36H,8-9H2,1-2H3,(H2,27,35)/t12-,14-,20-,26-/m0/s1. The molecule has 0 bridgehead atoms. The number of nitrogens with zero attached hydrogens (tertiary/aromatic N) is 2. The monoisotopic (exact) mass is 491 g/mol. The second-order valence-corrected chi connectivity index (χ2v) is 9.67. The number of allylic oxidation sites excluding steroid dienone is 1. The van der Waals surface area contributed by atoms with Gasteiger partial charge in [-0.15, -0.1) is 0 Å². The molecular formula is C26H25N3O7. The third-order valence-electron chi connectivity index (χ3n) is 7.52. The molecule has 1 aromatic carbocycles. The third kappa shape index (κ3) is 3.04. The molecule has 6 N–H and O–H groups in total. The van der Waals surface area contributed by atoms with E-state index in [9.17, 15) is 34.8 Å². The molecule has 3 aliphatic carbocycles. The average molecular weight is 492 g/mol. The van der Waals surface area contributed by atoms with Gasteiger partial charge in [-0.25, -0.2) is 0 Å². The summed E-state index contributed by atoms with van der Waals surface area (Å²) in [7, 11) is 3.17. The van der Waals surface area contributed by atoms with Gasteiger partial charge >= 0.3 is 0 Å². The Labute approximate surface area is 206 Å². The molecular weight excluding hydrogens is 466 g/mol. The summed E-state index contributed by atoms with van der Waals surface area (Å²) >= 11 is 0. The number of nitrogens with two attached hydrogens (primary N) is 1. The van der Waals surface area contributed by atoms with E-state index in [1.807, 2.05) is 30.3 Å². The molecule has 10 heteroatoms. The zero-order valence-corrected chi connectivity index (χ0v) is 19.6. The Morgan fingerprint density at radius 1 is 1.14 bits per heavy atom. The zero-order chi connectivity index (χ0) is 26.1. The first-order chi connectivity index (χ1) is 17.0. The molecule has 1 amide bonds. The number of amides is 1. The molecule has 0 unspecified atom stereocenters. The van der Waals surface area contributed by atoms with Crippen LogP contribution in [0.4, 0.5) is 0 Å². The predicted molar refractivity (Wildman–Crippen MR) is 127 cm³/mol. The Balaban J connectivity index is 1.73. The molecule has 0 saturated carbocycles. The summed E-state index contributed by atoms with van der Waals surface area (Å²) in [5.41, 5.74) is 3.30. The number of aliphatic hydroxyl groups is 3. The van der Waals surface area contributed by atoms with Gasteiger partial charge < -0.3 is 26.2 Å². The number of aromatic nitrogens is 1. The van der Waals surface area contributed by atoms with Crippen molar-refractivity contribution in [3.63, 3.8) is 0 Å². The maximum Gasteiger partial charge on any atom is 0.255 e. The van der Waals surface area contributed by atoms with E-state index >= 15 is 0 Å². The maximum atomic E-state index is 13.7. The number of aliphatic hydroxyl groups excluding tert-OH is 2. The Morgan fingerprint density at radius 3 is 2.42 bits per heavy atom. The zero-order valence-electron chi connectivity index (χ0n) is 19.6. The second kappa shape index (κ2) is 8.00. The van der Waals surface area contributed by atoms with Crippen LogP contribution in [0.2, 0.25) is 0 Å². The van der Waals surface area contributed by atoms with Gasteiger partial charge in [0.2, 0.25) is 5.78 Å². The number of fused-ring (bicyclic) bond motifs is 3. The maximum absolute atomic E-state index is 13.7. The van der Waals surface area contributed by atoms with E-state index in [0.717, 1.165) is 11.8 Å². The first-order valence-electron chi connectivity index (χ1n) is 11.4. The van der Waals surface area contributed by atoms with Crippen LogP contribution in [0, 0.1) is 11.8 Å². The number of benzene rings is 1. The van der Waals surface area contributed by atoms with Crippen molar-refractivity contribution < 1.29 is 34.8 Å². The van der Waals surface area contributed by atoms with Crippen molar-refractivity contribution in [3.8, 4) is 17.0 Å². The highest BCUT2D eigenvalue weighted by Gasteiger charge is 2.63. The van der Waals surface area contributed by atoms with Crippen LogP contribution in [-0.2, 0) is 16.0 Å². The molecule has 3 aliphatic rings. The van der Waals surface area contributed by atoms with E-state index in [1.165, 1.54) is 4.90 Å². The normalized spacial score (nSPS) is 27.6. The van der Waals surface area contributed by atoms with E-state index < -0.39 is 58.0 Å². The van der Waals surface area contributed by atoms with Crippen LogP contribution in [-0.4, -0.2) is 73.5 Å². The van der Waals surface area contributed by atoms with Crippen LogP contribution < -0.4 is 5.73 Å². The van der Waals surface area contributed by atoms with Crippen LogP contribution in [0.1, 0.15) is 22.3 Å². The van der Waals surface area contributed by atoms with Crippen LogP contribution in [0.15, 0.2) is 59.2 Å². The second-order valence-electron chi connectivity index (χ2n) is 9.67. The van der Waals surface area contributed by atoms with Crippen molar-refractivity contribution in [1.29, 1.82) is 0 Å². The lowest BCUT2D eigenvalue weighted by Crippen LogP contribution is -2.63. The van der Waals surface area contributed by atoms with Crippen LogP contribution in [0.3, 0.4) is 0 Å². The van der Waals surface area contributed by atoms with Gasteiger partial charge in [0.25, 0.3) is 5.91 Å². The molecule has 4 atom stereocenters. The third-order valence-corrected chi connectivity index (χ3v) is 7.52. The Hall–Kier alpha value is -4.02. The molecule has 0 radical (unpaired) electrons. The number of rotatable bonds is 3. The lowest BCUT2D eigenvalue weighted by Gasteiger charge is -2.50. The van der Waals surface area contributed by atoms with E-state index in [-0.39, 0.29) is 29.7 Å². The van der Waals surface area contributed by atoms with Crippen molar-refractivity contribution >= 4 is 17.5 Å². The number of aromatic hydroxyl groups is 1. The van der Waals surface area contributed by atoms with Crippen molar-refractivity contribution in [2.75, 3.05) is 14.1 Å². The quantitative estimate of drug-likeness (QED) is 0.395. The number of Topliss-reactive ketones (excluding diaryl/α,β-unsaturated/α-hetero) is 2. The first-order valence-corrected chi connectivity index (χ1v) is 11.4. The number of ketones is 2. The van der Waals surface area contributed by atoms with Gasteiger partial charge in [0, 0.05) is 17.1 Å². The van der Waals surface area contributed by atoms with Crippen molar-refractivity contribution in [3.05, 3.63) is 70.3 Å². The van der Waals surface area contributed by atoms with E-state index in [0.29, 0.717) is 11.3 Å². The van der Waals surface area contributed by atoms with Gasteiger partial charge in [-0.3, -0.25) is 24.3 Å². The molecule has 0 saturated heterocycles. The SMILES string of the molecule is CN(C)[C@@H]1C(O)=C(C(N)=O)C(=O)[C@@]2(O)C(O)=C3C(=O)c4c(O)cnc(-c5ccccc5)c4C[C@H]3C[C@@H]12. The van der Waals surface area contributed by atoms with E-state index in [4.69, 9.17) is 5.73 Å². The highest BCUT2D eigenvalue weighted by molar-refractivity contribution is 6.24. The van der Waals surface area contributed by atoms with Gasteiger partial charge in [0.15, 0.2) is 11.4 Å². The summed E-state index contributed by atoms with van der Waals surface area (Å²) < 4.78 is 0. The number of carbonyl (C=O) groups excluding carboxylic acids is 3. The van der Waals surface area contributed by atoms with E-state index in [1.54, 1.807) is 14.1 Å². The van der Waals surface area contributed by atoms with Gasteiger partial charge in [-0.05, 0) is 38.4 Å². The fourth-order valence-electron chi connectivity index (χ4n) is 5.99. The van der Waals surface area contributed by atoms with Gasteiger partial charge in [-0.1, -0.05) is 30.3 Å². The predicted octanol–water partition coefficient (Wildman–Crippen LogP) is 1.18. The van der Waals surface area contributed by atoms with Crippen molar-refractivity contribution in [2.24, 2.45) is 17.6 Å². The summed E-state index contributed by atoms with van der Waals surface area (Å²) in [5, 5.41) is 44.3. The van der Waals surface area contributed by atoms with Crippen molar-refractivity contribution in [2.45, 2.75) is 24.5 Å². The molecule has 0 aliphatic heterocycles. The lowest BCUT2D eigenvalue weighted by molar-refractivity contribution is -0.148. The average Bonchev–Trinajstić information content (AvgIpc) is 2.81. The van der Waals surface area contributed by atoms with E-state index in [2.05, 4.69) is 4.98 Å². The minimum Gasteiger partial charge on any atom is -0.510 e. The van der Waals surface area contributed by atoms with Gasteiger partial charge in [0.1, 0.15) is 22.8 Å². The minimum atomic E-state index is -2.66.